The van der Waals surface area contributed by atoms with Crippen LogP contribution in [-0.2, 0) is 19.6 Å². The number of anilines is 1. The number of nitrogens with zero attached hydrogens (tertiary/aromatic N) is 1. The molecule has 0 aliphatic carbocycles. The van der Waals surface area contributed by atoms with Gasteiger partial charge in [-0.15, -0.1) is 11.8 Å². The van der Waals surface area contributed by atoms with Crippen molar-refractivity contribution in [3.05, 3.63) is 48.0 Å². The summed E-state index contributed by atoms with van der Waals surface area (Å²) < 4.78 is 38.3. The van der Waals surface area contributed by atoms with E-state index in [0.717, 1.165) is 30.6 Å². The third kappa shape index (κ3) is 6.49. The van der Waals surface area contributed by atoms with Crippen LogP contribution >= 0.6 is 11.8 Å². The second-order valence-corrected chi connectivity index (χ2v) is 10.3. The Morgan fingerprint density at radius 3 is 2.45 bits per heavy atom. The lowest BCUT2D eigenvalue weighted by molar-refractivity contribution is -0.119. The van der Waals surface area contributed by atoms with Gasteiger partial charge in [-0.05, 0) is 55.5 Å². The monoisotopic (exact) mass is 492 g/mol. The third-order valence-electron chi connectivity index (χ3n) is 5.27. The fourth-order valence-corrected chi connectivity index (χ4v) is 5.70. The molecule has 1 amide bonds. The molecule has 0 aromatic heterocycles. The van der Waals surface area contributed by atoms with Crippen LogP contribution in [0.1, 0.15) is 36.0 Å². The highest BCUT2D eigenvalue weighted by Crippen LogP contribution is 2.29. The molecule has 2 aromatic rings. The zero-order chi connectivity index (χ0) is 23.8. The zero-order valence-electron chi connectivity index (χ0n) is 18.7. The topological polar surface area (TPSA) is 102 Å². The summed E-state index contributed by atoms with van der Waals surface area (Å²) in [5.74, 6) is -1.13. The Bertz CT molecular complexity index is 1100. The smallest absolute Gasteiger partial charge is 0.338 e. The van der Waals surface area contributed by atoms with Crippen LogP contribution in [0, 0.1) is 0 Å². The van der Waals surface area contributed by atoms with Crippen LogP contribution in [-0.4, -0.2) is 57.7 Å². The normalized spacial score (nSPS) is 14.8. The van der Waals surface area contributed by atoms with Gasteiger partial charge in [0.2, 0.25) is 10.0 Å². The maximum atomic E-state index is 13.2. The summed E-state index contributed by atoms with van der Waals surface area (Å²) in [6.45, 7) is 0.360. The standard InChI is InChI=1S/C23H28N2O6S2/c1-30-20-11-10-17(14-21(20)33(28,29)25-12-5-3-4-6-13-25)23(27)31-16-22(26)24-18-8-7-9-19(15-18)32-2/h7-11,14-15H,3-6,12-13,16H2,1-2H3,(H,24,26). The van der Waals surface area contributed by atoms with Gasteiger partial charge in [0.05, 0.1) is 12.7 Å². The van der Waals surface area contributed by atoms with E-state index >= 15 is 0 Å². The first-order chi connectivity index (χ1) is 15.8. The van der Waals surface area contributed by atoms with Crippen LogP contribution in [0.15, 0.2) is 52.3 Å². The first kappa shape index (κ1) is 25.1. The average Bonchev–Trinajstić information content (AvgIpc) is 3.12. The van der Waals surface area contributed by atoms with E-state index in [9.17, 15) is 18.0 Å². The molecule has 0 radical (unpaired) electrons. The summed E-state index contributed by atoms with van der Waals surface area (Å²) in [4.78, 5) is 25.7. The summed E-state index contributed by atoms with van der Waals surface area (Å²) in [7, 11) is -2.46. The molecule has 1 saturated heterocycles. The second-order valence-electron chi connectivity index (χ2n) is 7.54. The number of rotatable bonds is 8. The van der Waals surface area contributed by atoms with Crippen molar-refractivity contribution < 1.29 is 27.5 Å². The minimum atomic E-state index is -3.84. The van der Waals surface area contributed by atoms with Crippen LogP contribution in [0.4, 0.5) is 5.69 Å². The van der Waals surface area contributed by atoms with Crippen molar-refractivity contribution in [2.45, 2.75) is 35.5 Å². The molecule has 0 spiro atoms. The van der Waals surface area contributed by atoms with E-state index < -0.39 is 28.5 Å². The number of benzene rings is 2. The van der Waals surface area contributed by atoms with Crippen molar-refractivity contribution >= 4 is 39.3 Å². The number of ether oxygens (including phenoxy) is 2. The number of methoxy groups -OCH3 is 1. The third-order valence-corrected chi connectivity index (χ3v) is 7.92. The van der Waals surface area contributed by atoms with Gasteiger partial charge in [0.25, 0.3) is 5.91 Å². The Kier molecular flexibility index (Phi) is 8.76. The molecular formula is C23H28N2O6S2. The lowest BCUT2D eigenvalue weighted by Gasteiger charge is -2.21. The highest BCUT2D eigenvalue weighted by molar-refractivity contribution is 7.98. The van der Waals surface area contributed by atoms with Gasteiger partial charge in [-0.1, -0.05) is 18.9 Å². The van der Waals surface area contributed by atoms with E-state index in [2.05, 4.69) is 5.32 Å². The number of thioether (sulfide) groups is 1. The quantitative estimate of drug-likeness (QED) is 0.442. The van der Waals surface area contributed by atoms with E-state index in [4.69, 9.17) is 9.47 Å². The summed E-state index contributed by atoms with van der Waals surface area (Å²) in [6.07, 6.45) is 5.48. The van der Waals surface area contributed by atoms with Crippen molar-refractivity contribution in [3.8, 4) is 5.75 Å². The molecule has 1 fully saturated rings. The fraction of sp³-hybridized carbons (Fsp3) is 0.391. The first-order valence-electron chi connectivity index (χ1n) is 10.6. The Morgan fingerprint density at radius 2 is 1.79 bits per heavy atom. The summed E-state index contributed by atoms with van der Waals surface area (Å²) in [5.41, 5.74) is 0.625. The molecule has 3 rings (SSSR count). The van der Waals surface area contributed by atoms with Crippen molar-refractivity contribution in [3.63, 3.8) is 0 Å². The van der Waals surface area contributed by atoms with Crippen LogP contribution in [0.3, 0.4) is 0 Å². The van der Waals surface area contributed by atoms with E-state index in [1.54, 1.807) is 17.8 Å². The molecule has 0 saturated carbocycles. The maximum absolute atomic E-state index is 13.2. The minimum absolute atomic E-state index is 0.0291. The largest absolute Gasteiger partial charge is 0.495 e. The van der Waals surface area contributed by atoms with Crippen molar-refractivity contribution in [2.75, 3.05) is 38.4 Å². The molecule has 10 heteroatoms. The molecule has 0 unspecified atom stereocenters. The van der Waals surface area contributed by atoms with Gasteiger partial charge in [0.1, 0.15) is 10.6 Å². The van der Waals surface area contributed by atoms with Crippen molar-refractivity contribution in [1.82, 2.24) is 4.31 Å². The van der Waals surface area contributed by atoms with E-state index in [1.807, 2.05) is 24.5 Å². The molecule has 1 heterocycles. The summed E-state index contributed by atoms with van der Waals surface area (Å²) in [6, 6.07) is 11.4. The highest BCUT2D eigenvalue weighted by atomic mass is 32.2. The van der Waals surface area contributed by atoms with Crippen LogP contribution in [0.25, 0.3) is 0 Å². The Hall–Kier alpha value is -2.56. The highest BCUT2D eigenvalue weighted by Gasteiger charge is 2.29. The zero-order valence-corrected chi connectivity index (χ0v) is 20.3. The Morgan fingerprint density at radius 1 is 1.06 bits per heavy atom. The molecule has 1 aliphatic heterocycles. The van der Waals surface area contributed by atoms with Crippen molar-refractivity contribution in [2.24, 2.45) is 0 Å². The minimum Gasteiger partial charge on any atom is -0.495 e. The predicted octanol–water partition coefficient (Wildman–Crippen LogP) is 3.78. The van der Waals surface area contributed by atoms with E-state index in [1.165, 1.54) is 29.6 Å². The van der Waals surface area contributed by atoms with Crippen molar-refractivity contribution in [1.29, 1.82) is 0 Å². The van der Waals surface area contributed by atoms with Gasteiger partial charge >= 0.3 is 5.97 Å². The molecule has 0 atom stereocenters. The summed E-state index contributed by atoms with van der Waals surface area (Å²) in [5, 5.41) is 2.67. The van der Waals surface area contributed by atoms with E-state index in [0.29, 0.717) is 18.8 Å². The molecule has 178 valence electrons. The molecular weight excluding hydrogens is 464 g/mol. The molecule has 33 heavy (non-hydrogen) atoms. The number of hydrogen-bond acceptors (Lipinski definition) is 7. The lowest BCUT2D eigenvalue weighted by Crippen LogP contribution is -2.32. The van der Waals surface area contributed by atoms with Crippen LogP contribution in [0.5, 0.6) is 5.75 Å². The number of amides is 1. The first-order valence-corrected chi connectivity index (χ1v) is 13.3. The SMILES string of the molecule is COc1ccc(C(=O)OCC(=O)Nc2cccc(SC)c2)cc1S(=O)(=O)N1CCCCCC1. The summed E-state index contributed by atoms with van der Waals surface area (Å²) >= 11 is 1.54. The van der Waals surface area contributed by atoms with Gasteiger partial charge in [-0.25, -0.2) is 13.2 Å². The predicted molar refractivity (Wildman–Crippen MR) is 127 cm³/mol. The van der Waals surface area contributed by atoms with Gasteiger partial charge in [-0.2, -0.15) is 4.31 Å². The Labute approximate surface area is 198 Å². The van der Waals surface area contributed by atoms with E-state index in [-0.39, 0.29) is 16.2 Å². The lowest BCUT2D eigenvalue weighted by atomic mass is 10.2. The average molecular weight is 493 g/mol. The number of carbonyl (C=O) groups excluding carboxylic acids is 2. The molecule has 0 bridgehead atoms. The maximum Gasteiger partial charge on any atom is 0.338 e. The number of esters is 1. The molecule has 1 aliphatic rings. The molecule has 2 aromatic carbocycles. The number of nitrogens with one attached hydrogen (secondary N) is 1. The fourth-order valence-electron chi connectivity index (χ4n) is 3.54. The molecule has 8 nitrogen and oxygen atoms in total. The van der Waals surface area contributed by atoms with Crippen LogP contribution in [0.2, 0.25) is 0 Å². The second kappa shape index (κ2) is 11.5. The Balaban J connectivity index is 1.71. The van der Waals surface area contributed by atoms with Gasteiger partial charge in [-0.3, -0.25) is 4.79 Å². The van der Waals surface area contributed by atoms with Gasteiger partial charge in [0, 0.05) is 23.7 Å². The van der Waals surface area contributed by atoms with Crippen LogP contribution < -0.4 is 10.1 Å². The number of carbonyl (C=O) groups is 2. The van der Waals surface area contributed by atoms with Gasteiger partial charge < -0.3 is 14.8 Å². The van der Waals surface area contributed by atoms with Gasteiger partial charge in [0.15, 0.2) is 6.61 Å². The molecule has 1 N–H and O–H groups in total. The number of sulfonamides is 1. The number of hydrogen-bond donors (Lipinski definition) is 1.